The average molecular weight is 415 g/mol. The van der Waals surface area contributed by atoms with Gasteiger partial charge in [0.15, 0.2) is 0 Å². The maximum absolute atomic E-state index is 12.6. The molecule has 0 unspecified atom stereocenters. The number of ether oxygens (including phenoxy) is 1. The predicted octanol–water partition coefficient (Wildman–Crippen LogP) is 3.27. The summed E-state index contributed by atoms with van der Waals surface area (Å²) in [5, 5.41) is 3.35. The fourth-order valence-corrected chi connectivity index (χ4v) is 4.42. The summed E-state index contributed by atoms with van der Waals surface area (Å²) in [5.74, 6) is -0.407. The van der Waals surface area contributed by atoms with Crippen molar-refractivity contribution >= 4 is 44.8 Å². The number of hydrogen-bond donors (Lipinski definition) is 1. The Kier molecular flexibility index (Phi) is 5.84. The topological polar surface area (TPSA) is 75.7 Å². The molecule has 1 saturated heterocycles. The Morgan fingerprint density at radius 2 is 1.69 bits per heavy atom. The van der Waals surface area contributed by atoms with Crippen molar-refractivity contribution in [1.29, 1.82) is 0 Å². The summed E-state index contributed by atoms with van der Waals surface area (Å²) in [6.07, 6.45) is 0. The molecule has 0 spiro atoms. The van der Waals surface area contributed by atoms with Gasteiger partial charge in [-0.2, -0.15) is 4.31 Å². The van der Waals surface area contributed by atoms with Crippen LogP contribution in [0.15, 0.2) is 47.4 Å². The molecule has 0 bridgehead atoms. The van der Waals surface area contributed by atoms with Crippen LogP contribution in [0.25, 0.3) is 0 Å². The Bertz CT molecular complexity index is 911. The summed E-state index contributed by atoms with van der Waals surface area (Å²) in [6, 6.07) is 10.6. The van der Waals surface area contributed by atoms with E-state index in [1.165, 1.54) is 40.7 Å². The second kappa shape index (κ2) is 7.94. The van der Waals surface area contributed by atoms with Crippen LogP contribution in [0, 0.1) is 0 Å². The molecule has 2 aromatic carbocycles. The molecule has 0 aliphatic carbocycles. The molecule has 1 aliphatic heterocycles. The third kappa shape index (κ3) is 4.19. The van der Waals surface area contributed by atoms with E-state index < -0.39 is 15.9 Å². The van der Waals surface area contributed by atoms with Gasteiger partial charge in [-0.1, -0.05) is 23.2 Å². The molecular formula is C17H16Cl2N2O4S. The number of anilines is 1. The average Bonchev–Trinajstić information content (AvgIpc) is 2.63. The molecule has 0 atom stereocenters. The van der Waals surface area contributed by atoms with Crippen molar-refractivity contribution < 1.29 is 17.9 Å². The zero-order chi connectivity index (χ0) is 18.7. The van der Waals surface area contributed by atoms with Crippen LogP contribution in [0.4, 0.5) is 5.69 Å². The van der Waals surface area contributed by atoms with Crippen LogP contribution in [0.1, 0.15) is 10.4 Å². The number of nitrogens with zero attached hydrogens (tertiary/aromatic N) is 1. The molecule has 0 radical (unpaired) electrons. The first-order chi connectivity index (χ1) is 12.4. The van der Waals surface area contributed by atoms with Crippen LogP contribution in [0.3, 0.4) is 0 Å². The number of nitrogens with one attached hydrogen (secondary N) is 1. The molecule has 3 rings (SSSR count). The predicted molar refractivity (Wildman–Crippen MR) is 100 cm³/mol. The van der Waals surface area contributed by atoms with Crippen LogP contribution in [-0.2, 0) is 14.8 Å². The molecule has 26 heavy (non-hydrogen) atoms. The van der Waals surface area contributed by atoms with E-state index in [0.717, 1.165) is 0 Å². The number of halogens is 2. The van der Waals surface area contributed by atoms with Gasteiger partial charge in [-0.3, -0.25) is 4.79 Å². The number of morpholine rings is 1. The first-order valence-electron chi connectivity index (χ1n) is 7.82. The lowest BCUT2D eigenvalue weighted by molar-refractivity contribution is 0.0730. The maximum Gasteiger partial charge on any atom is 0.257 e. The molecule has 1 heterocycles. The first-order valence-corrected chi connectivity index (χ1v) is 10.0. The van der Waals surface area contributed by atoms with E-state index >= 15 is 0 Å². The Balaban J connectivity index is 1.74. The van der Waals surface area contributed by atoms with Gasteiger partial charge in [0.05, 0.1) is 28.7 Å². The Hall–Kier alpha value is -1.64. The molecule has 1 amide bonds. The largest absolute Gasteiger partial charge is 0.379 e. The molecule has 1 N–H and O–H groups in total. The lowest BCUT2D eigenvalue weighted by Crippen LogP contribution is -2.40. The molecule has 138 valence electrons. The van der Waals surface area contributed by atoms with Crippen LogP contribution in [0.5, 0.6) is 0 Å². The number of amides is 1. The van der Waals surface area contributed by atoms with E-state index in [1.807, 2.05) is 0 Å². The lowest BCUT2D eigenvalue weighted by atomic mass is 10.2. The van der Waals surface area contributed by atoms with Gasteiger partial charge in [0, 0.05) is 23.8 Å². The smallest absolute Gasteiger partial charge is 0.257 e. The molecule has 2 aromatic rings. The third-order valence-corrected chi connectivity index (χ3v) is 6.36. The number of hydrogen-bond acceptors (Lipinski definition) is 4. The fourth-order valence-electron chi connectivity index (χ4n) is 2.52. The highest BCUT2D eigenvalue weighted by Crippen LogP contribution is 2.23. The number of carbonyl (C=O) groups excluding carboxylic acids is 1. The van der Waals surface area contributed by atoms with E-state index in [0.29, 0.717) is 37.0 Å². The second-order valence-electron chi connectivity index (χ2n) is 5.62. The molecule has 0 saturated carbocycles. The van der Waals surface area contributed by atoms with Crippen molar-refractivity contribution in [3.05, 3.63) is 58.1 Å². The summed E-state index contributed by atoms with van der Waals surface area (Å²) in [6.45, 7) is 1.43. The number of sulfonamides is 1. The van der Waals surface area contributed by atoms with Gasteiger partial charge in [0.2, 0.25) is 10.0 Å². The van der Waals surface area contributed by atoms with Crippen molar-refractivity contribution in [2.75, 3.05) is 31.6 Å². The Morgan fingerprint density at radius 3 is 2.31 bits per heavy atom. The molecule has 1 aliphatic rings. The van der Waals surface area contributed by atoms with E-state index in [4.69, 9.17) is 27.9 Å². The van der Waals surface area contributed by atoms with Crippen LogP contribution >= 0.6 is 23.2 Å². The normalized spacial score (nSPS) is 15.6. The molecule has 1 fully saturated rings. The van der Waals surface area contributed by atoms with Gasteiger partial charge in [0.25, 0.3) is 5.91 Å². The van der Waals surface area contributed by atoms with Gasteiger partial charge in [-0.05, 0) is 42.5 Å². The molecule has 9 heteroatoms. The van der Waals surface area contributed by atoms with Crippen LogP contribution < -0.4 is 5.32 Å². The summed E-state index contributed by atoms with van der Waals surface area (Å²) in [5.41, 5.74) is 0.739. The maximum atomic E-state index is 12.6. The van der Waals surface area contributed by atoms with E-state index in [2.05, 4.69) is 5.32 Å². The van der Waals surface area contributed by atoms with Crippen LogP contribution in [0.2, 0.25) is 10.0 Å². The highest BCUT2D eigenvalue weighted by atomic mass is 35.5. The van der Waals surface area contributed by atoms with E-state index in [1.54, 1.807) is 6.07 Å². The highest BCUT2D eigenvalue weighted by Gasteiger charge is 2.26. The summed E-state index contributed by atoms with van der Waals surface area (Å²) < 4.78 is 31.7. The zero-order valence-corrected chi connectivity index (χ0v) is 15.9. The van der Waals surface area contributed by atoms with Crippen molar-refractivity contribution in [2.45, 2.75) is 4.90 Å². The van der Waals surface area contributed by atoms with Crippen LogP contribution in [-0.4, -0.2) is 44.9 Å². The summed E-state index contributed by atoms with van der Waals surface area (Å²) >= 11 is 11.8. The first kappa shape index (κ1) is 19.1. The lowest BCUT2D eigenvalue weighted by Gasteiger charge is -2.26. The van der Waals surface area contributed by atoms with Crippen molar-refractivity contribution in [1.82, 2.24) is 4.31 Å². The fraction of sp³-hybridized carbons (Fsp3) is 0.235. The van der Waals surface area contributed by atoms with Crippen molar-refractivity contribution in [3.63, 3.8) is 0 Å². The molecule has 6 nitrogen and oxygen atoms in total. The van der Waals surface area contributed by atoms with E-state index in [9.17, 15) is 13.2 Å². The SMILES string of the molecule is O=C(Nc1ccc(S(=O)(=O)N2CCOCC2)cc1)c1ccc(Cl)cc1Cl. The van der Waals surface area contributed by atoms with Gasteiger partial charge in [-0.15, -0.1) is 0 Å². The monoisotopic (exact) mass is 414 g/mol. The second-order valence-corrected chi connectivity index (χ2v) is 8.40. The number of rotatable bonds is 4. The minimum Gasteiger partial charge on any atom is -0.379 e. The minimum absolute atomic E-state index is 0.168. The van der Waals surface area contributed by atoms with E-state index in [-0.39, 0.29) is 15.5 Å². The van der Waals surface area contributed by atoms with Gasteiger partial charge in [0.1, 0.15) is 0 Å². The minimum atomic E-state index is -3.57. The van der Waals surface area contributed by atoms with Crippen molar-refractivity contribution in [3.8, 4) is 0 Å². The zero-order valence-electron chi connectivity index (χ0n) is 13.6. The van der Waals surface area contributed by atoms with Gasteiger partial charge >= 0.3 is 0 Å². The quantitative estimate of drug-likeness (QED) is 0.832. The standard InChI is InChI=1S/C17H16Cl2N2O4S/c18-12-1-6-15(16(19)11-12)17(22)20-13-2-4-14(5-3-13)26(23,24)21-7-9-25-10-8-21/h1-6,11H,7-10H2,(H,20,22). The summed E-state index contributed by atoms with van der Waals surface area (Å²) in [4.78, 5) is 12.5. The Morgan fingerprint density at radius 1 is 1.04 bits per heavy atom. The number of benzene rings is 2. The number of carbonyl (C=O) groups is 1. The molecule has 0 aromatic heterocycles. The highest BCUT2D eigenvalue weighted by molar-refractivity contribution is 7.89. The van der Waals surface area contributed by atoms with Crippen molar-refractivity contribution in [2.24, 2.45) is 0 Å². The Labute approximate surface area is 161 Å². The third-order valence-electron chi connectivity index (χ3n) is 3.90. The van der Waals surface area contributed by atoms with Gasteiger partial charge in [-0.25, -0.2) is 8.42 Å². The molecular weight excluding hydrogens is 399 g/mol. The van der Waals surface area contributed by atoms with Gasteiger partial charge < -0.3 is 10.1 Å². The summed E-state index contributed by atoms with van der Waals surface area (Å²) in [7, 11) is -3.57.